The molecule has 0 radical (unpaired) electrons. The number of aliphatic hydroxyl groups excluding tert-OH is 2. The summed E-state index contributed by atoms with van der Waals surface area (Å²) in [7, 11) is 5.41. The maximum Gasteiger partial charge on any atom is 0.339 e. The first-order valence-corrected chi connectivity index (χ1v) is 26.5. The molecule has 2 fully saturated rings. The molecule has 9 rings (SSSR count). The standard InChI is InChI=1S/C52H66N4O9S2/c1-7-28(4)49(61)65-51(5)15-14-30-26-66-67-42-20-37-39(59)13-12-38-45(47(37)54-6)48(42)56(38)44(60)19-34-24-55-43(53)21-36(34)46(30)52(51)23-33-18-31-17-32(50(62)63-40(31)22-41(33)64-52)16-29(25-57)9-11-35(58)10-8-27(2)3/h7,12-14,17-18,21-22,27,29,35,37-38,42,45-48,54-55,57-58H,8-11,15-16,19-20,23-26,53H2,1-6H3. The van der Waals surface area contributed by atoms with Gasteiger partial charge in [-0.15, -0.1) is 0 Å². The molecule has 11 unspecified atom stereocenters. The fourth-order valence-corrected chi connectivity index (χ4v) is 15.2. The highest BCUT2D eigenvalue weighted by atomic mass is 33.1. The third-order valence-corrected chi connectivity index (χ3v) is 18.8. The highest BCUT2D eigenvalue weighted by molar-refractivity contribution is 8.77. The number of nitrogens with zero attached hydrogens (tertiary/aromatic N) is 1. The van der Waals surface area contributed by atoms with Crippen LogP contribution < -0.4 is 26.7 Å². The van der Waals surface area contributed by atoms with Gasteiger partial charge in [0.25, 0.3) is 0 Å². The minimum absolute atomic E-state index is 0.00960. The molecule has 1 saturated carbocycles. The molecule has 5 heterocycles. The van der Waals surface area contributed by atoms with Gasteiger partial charge in [-0.2, -0.15) is 0 Å². The predicted octanol–water partition coefficient (Wildman–Crippen LogP) is 6.21. The normalized spacial score (nSPS) is 32.1. The number of dihydropyridines is 1. The van der Waals surface area contributed by atoms with Gasteiger partial charge in [0.05, 0.1) is 36.3 Å². The van der Waals surface area contributed by atoms with Crippen molar-refractivity contribution in [1.29, 1.82) is 0 Å². The van der Waals surface area contributed by atoms with Crippen molar-refractivity contribution in [2.45, 2.75) is 133 Å². The Bertz CT molecular complexity index is 2550. The van der Waals surface area contributed by atoms with E-state index in [9.17, 15) is 29.4 Å². The smallest absolute Gasteiger partial charge is 0.339 e. The summed E-state index contributed by atoms with van der Waals surface area (Å²) in [6, 6.07) is 5.36. The summed E-state index contributed by atoms with van der Waals surface area (Å²) in [6.07, 6.45) is 13.5. The van der Waals surface area contributed by atoms with Gasteiger partial charge >= 0.3 is 11.6 Å². The number of carbonyl (C=O) groups is 3. The fraction of sp³-hybridized carbons (Fsp3) is 0.577. The lowest BCUT2D eigenvalue weighted by Gasteiger charge is -2.62. The number of rotatable bonds is 12. The quantitative estimate of drug-likeness (QED) is 0.0531. The van der Waals surface area contributed by atoms with E-state index in [0.717, 1.165) is 28.7 Å². The SMILES string of the molecule is CC=C(C)C(=O)OC1(C)CC=C2CSSC3CC4C(=O)C=CC5C(C4NC)C3N5C(=O)CC3=C(C=C(N)NC3)C2C12Cc1cc3cc(CC(CO)CCC(O)CCC(C)C)c(=O)oc3cc1O2. The second-order valence-electron chi connectivity index (χ2n) is 20.6. The predicted molar refractivity (Wildman–Crippen MR) is 262 cm³/mol. The Labute approximate surface area is 400 Å². The number of aliphatic hydroxyl groups is 2. The van der Waals surface area contributed by atoms with E-state index in [1.54, 1.807) is 53.7 Å². The van der Waals surface area contributed by atoms with Crippen molar-refractivity contribution >= 4 is 50.2 Å². The second kappa shape index (κ2) is 18.9. The average Bonchev–Trinajstić information content (AvgIpc) is 3.66. The molecule has 1 aromatic carbocycles. The van der Waals surface area contributed by atoms with Crippen LogP contribution in [0.1, 0.15) is 90.7 Å². The van der Waals surface area contributed by atoms with E-state index in [-0.39, 0.29) is 65.8 Å². The minimum atomic E-state index is -1.24. The number of esters is 1. The second-order valence-corrected chi connectivity index (χ2v) is 23.2. The van der Waals surface area contributed by atoms with E-state index >= 15 is 0 Å². The molecule has 7 aliphatic rings. The molecule has 15 heteroatoms. The van der Waals surface area contributed by atoms with Crippen LogP contribution in [0.2, 0.25) is 0 Å². The molecule has 13 nitrogen and oxygen atoms in total. The van der Waals surface area contributed by atoms with Crippen molar-refractivity contribution in [3.63, 3.8) is 0 Å². The summed E-state index contributed by atoms with van der Waals surface area (Å²) in [5.74, 6) is 0.896. The molecule has 6 N–H and O–H groups in total. The molecule has 1 aromatic heterocycles. The van der Waals surface area contributed by atoms with E-state index in [1.165, 1.54) is 0 Å². The Hall–Kier alpha value is -4.28. The van der Waals surface area contributed by atoms with Crippen LogP contribution >= 0.6 is 21.6 Å². The van der Waals surface area contributed by atoms with Crippen molar-refractivity contribution in [2.75, 3.05) is 26.0 Å². The molecule has 67 heavy (non-hydrogen) atoms. The van der Waals surface area contributed by atoms with Gasteiger partial charge in [-0.05, 0) is 119 Å². The maximum absolute atomic E-state index is 14.9. The Morgan fingerprint density at radius 2 is 1.96 bits per heavy atom. The average molecular weight is 955 g/mol. The summed E-state index contributed by atoms with van der Waals surface area (Å²) < 4.78 is 20.1. The van der Waals surface area contributed by atoms with Crippen LogP contribution in [0.25, 0.3) is 11.0 Å². The lowest BCUT2D eigenvalue weighted by molar-refractivity contribution is -0.186. The Balaban J connectivity index is 1.11. The number of benzene rings is 1. The summed E-state index contributed by atoms with van der Waals surface area (Å²) in [6.45, 7) is 9.94. The Kier molecular flexibility index (Phi) is 13.5. The molecule has 3 aliphatic carbocycles. The Morgan fingerprint density at radius 3 is 2.70 bits per heavy atom. The zero-order valence-electron chi connectivity index (χ0n) is 39.5. The van der Waals surface area contributed by atoms with E-state index in [1.807, 2.05) is 43.2 Å². The molecular weight excluding hydrogens is 889 g/mol. The number of ether oxygens (including phenoxy) is 2. The molecular formula is C52H66N4O9S2. The molecule has 2 aromatic rings. The van der Waals surface area contributed by atoms with Crippen LogP contribution in [0.3, 0.4) is 0 Å². The lowest BCUT2D eigenvalue weighted by atomic mass is 9.61. The number of hydrogen-bond donors (Lipinski definition) is 5. The number of nitrogens with two attached hydrogens (primary N) is 1. The lowest BCUT2D eigenvalue weighted by Crippen LogP contribution is -2.75. The van der Waals surface area contributed by atoms with Crippen molar-refractivity contribution in [3.8, 4) is 5.75 Å². The summed E-state index contributed by atoms with van der Waals surface area (Å²) in [5, 5.41) is 28.5. The summed E-state index contributed by atoms with van der Waals surface area (Å²) in [4.78, 5) is 58.1. The van der Waals surface area contributed by atoms with Gasteiger partial charge in [-0.3, -0.25) is 9.59 Å². The van der Waals surface area contributed by atoms with Gasteiger partial charge in [0.1, 0.15) is 11.3 Å². The van der Waals surface area contributed by atoms with Gasteiger partial charge in [0.15, 0.2) is 17.0 Å². The summed E-state index contributed by atoms with van der Waals surface area (Å²) in [5.41, 5.74) is 8.58. The van der Waals surface area contributed by atoms with Gasteiger partial charge in [-0.25, -0.2) is 9.59 Å². The van der Waals surface area contributed by atoms with Crippen LogP contribution in [-0.2, 0) is 32.0 Å². The van der Waals surface area contributed by atoms with Crippen LogP contribution in [0.15, 0.2) is 85.9 Å². The highest BCUT2D eigenvalue weighted by Crippen LogP contribution is 2.59. The third kappa shape index (κ3) is 8.63. The summed E-state index contributed by atoms with van der Waals surface area (Å²) >= 11 is 0. The monoisotopic (exact) mass is 954 g/mol. The molecule has 2 bridgehead atoms. The number of nitrogens with one attached hydrogen (secondary N) is 2. The van der Waals surface area contributed by atoms with Crippen molar-refractivity contribution in [1.82, 2.24) is 15.5 Å². The number of fused-ring (bicyclic) bond motifs is 7. The Morgan fingerprint density at radius 1 is 1.16 bits per heavy atom. The molecule has 4 aliphatic heterocycles. The van der Waals surface area contributed by atoms with Gasteiger partial charge in [0.2, 0.25) is 5.91 Å². The molecule has 360 valence electrons. The molecule has 1 saturated heterocycles. The zero-order chi connectivity index (χ0) is 47.5. The molecule has 11 atom stereocenters. The van der Waals surface area contributed by atoms with Crippen molar-refractivity contribution in [2.24, 2.45) is 35.3 Å². The first-order valence-electron chi connectivity index (χ1n) is 24.1. The van der Waals surface area contributed by atoms with Gasteiger partial charge < -0.3 is 45.4 Å². The zero-order valence-corrected chi connectivity index (χ0v) is 41.1. The van der Waals surface area contributed by atoms with Gasteiger partial charge in [-0.1, -0.05) is 59.2 Å². The maximum atomic E-state index is 14.9. The number of allylic oxidation sites excluding steroid dienone is 3. The van der Waals surface area contributed by atoms with Crippen LogP contribution in [0, 0.1) is 29.6 Å². The number of ketones is 1. The van der Waals surface area contributed by atoms with Crippen LogP contribution in [0.5, 0.6) is 5.75 Å². The minimum Gasteiger partial charge on any atom is -0.481 e. The van der Waals surface area contributed by atoms with E-state index in [0.29, 0.717) is 96.8 Å². The van der Waals surface area contributed by atoms with E-state index in [4.69, 9.17) is 19.6 Å². The van der Waals surface area contributed by atoms with Crippen LogP contribution in [-0.4, -0.2) is 99.4 Å². The van der Waals surface area contributed by atoms with Crippen molar-refractivity contribution < 1.29 is 38.5 Å². The van der Waals surface area contributed by atoms with Crippen molar-refractivity contribution in [3.05, 3.63) is 98.2 Å². The number of amides is 1. The number of carbonyl (C=O) groups excluding carboxylic acids is 3. The largest absolute Gasteiger partial charge is 0.481 e. The highest BCUT2D eigenvalue weighted by Gasteiger charge is 2.65. The van der Waals surface area contributed by atoms with E-state index in [2.05, 4.69) is 30.6 Å². The van der Waals surface area contributed by atoms with Gasteiger partial charge in [0, 0.05) is 77.5 Å². The van der Waals surface area contributed by atoms with Crippen LogP contribution in [0.4, 0.5) is 0 Å². The molecule has 1 amide bonds. The fourth-order valence-electron chi connectivity index (χ4n) is 12.1. The topological polar surface area (TPSA) is 194 Å². The third-order valence-electron chi connectivity index (χ3n) is 16.0. The molecule has 1 spiro atoms. The number of hydrogen-bond acceptors (Lipinski definition) is 14. The first kappa shape index (κ1) is 47.8. The van der Waals surface area contributed by atoms with E-state index < -0.39 is 34.8 Å². The first-order chi connectivity index (χ1) is 32.1.